The van der Waals surface area contributed by atoms with Gasteiger partial charge < -0.3 is 18.8 Å². The fourth-order valence-electron chi connectivity index (χ4n) is 5.15. The minimum atomic E-state index is -0.545. The number of benzene rings is 1. The molecule has 4 aliphatic rings. The fraction of sp³-hybridized carbons (Fsp3) is 0.440. The first-order valence-corrected chi connectivity index (χ1v) is 12.9. The molecule has 2 fully saturated rings. The van der Waals surface area contributed by atoms with E-state index in [0.29, 0.717) is 42.9 Å². The van der Waals surface area contributed by atoms with E-state index in [0.717, 1.165) is 38.5 Å². The van der Waals surface area contributed by atoms with Gasteiger partial charge in [0.25, 0.3) is 0 Å². The van der Waals surface area contributed by atoms with Gasteiger partial charge in [-0.1, -0.05) is 0 Å². The molecule has 2 N–H and O–H groups in total. The molecule has 1 aromatic heterocycles. The minimum absolute atomic E-state index is 0.133. The summed E-state index contributed by atoms with van der Waals surface area (Å²) in [4.78, 5) is 33.2. The summed E-state index contributed by atoms with van der Waals surface area (Å²) in [6.45, 7) is 5.98. The number of oxazole rings is 1. The minimum Gasteiger partial charge on any atom is -0.491 e. The van der Waals surface area contributed by atoms with Gasteiger partial charge in [-0.15, -0.1) is 0 Å². The first kappa shape index (κ1) is 25.2. The first-order chi connectivity index (χ1) is 19.0. The van der Waals surface area contributed by atoms with Gasteiger partial charge in [0.2, 0.25) is 12.2 Å². The molecule has 39 heavy (non-hydrogen) atoms. The Morgan fingerprint density at radius 2 is 1.90 bits per heavy atom. The zero-order valence-corrected chi connectivity index (χ0v) is 22.0. The molecule has 5 heterocycles. The smallest absolute Gasteiger partial charge is 0.341 e. The highest BCUT2D eigenvalue weighted by atomic mass is 16.5. The number of methoxy groups -OCH3 is 1. The highest BCUT2D eigenvalue weighted by Crippen LogP contribution is 2.38. The van der Waals surface area contributed by atoms with Crippen molar-refractivity contribution in [1.29, 1.82) is 0 Å². The number of carbonyl (C=O) groups is 1. The average molecular weight is 537 g/mol. The lowest BCUT2D eigenvalue weighted by molar-refractivity contribution is 0.0840. The number of aromatic nitrogens is 1. The number of anilines is 1. The van der Waals surface area contributed by atoms with Crippen LogP contribution in [-0.2, 0) is 4.74 Å². The number of amides is 2. The topological polar surface area (TPSA) is 132 Å². The molecule has 2 aromatic rings. The highest BCUT2D eigenvalue weighted by molar-refractivity contribution is 6.12. The molecule has 2 amide bonds. The van der Waals surface area contributed by atoms with Crippen LogP contribution in [0.5, 0.6) is 5.75 Å². The predicted octanol–water partition coefficient (Wildman–Crippen LogP) is 0.688. The SMILES string of the molecule is COCCOc1ccc(N2CCN(CCN3C(=O)N(C)N4C5=C(c6ncco6)N=CN(N)C5=NC34)CC2)cc1. The number of piperazine rings is 1. The summed E-state index contributed by atoms with van der Waals surface area (Å²) in [6, 6.07) is 8.04. The monoisotopic (exact) mass is 536 g/mol. The van der Waals surface area contributed by atoms with Crippen LogP contribution in [0.2, 0.25) is 0 Å². The standard InChI is InChI=1S/C25H32N10O4/c1-30-25(36)33(24-29-22-21(35(24)30)20(28-17-34(22)26)23-27-7-14-39-23)13-10-31-8-11-32(12-9-31)18-3-5-19(6-4-18)38-16-15-37-2/h3-7,14,17,24H,8-13,15-16,26H2,1-2H3. The number of hydrogen-bond donors (Lipinski definition) is 1. The molecule has 0 bridgehead atoms. The molecule has 6 rings (SSSR count). The summed E-state index contributed by atoms with van der Waals surface area (Å²) in [6.07, 6.45) is 3.96. The number of hydrazine groups is 2. The summed E-state index contributed by atoms with van der Waals surface area (Å²) in [7, 11) is 3.38. The Kier molecular flexibility index (Phi) is 6.81. The van der Waals surface area contributed by atoms with Crippen LogP contribution in [0.1, 0.15) is 5.89 Å². The Balaban J connectivity index is 1.07. The number of fused-ring (bicyclic) bond motifs is 3. The van der Waals surface area contributed by atoms with E-state index in [1.165, 1.54) is 23.3 Å². The molecule has 206 valence electrons. The molecule has 2 saturated heterocycles. The van der Waals surface area contributed by atoms with Crippen molar-refractivity contribution in [1.82, 2.24) is 29.8 Å². The fourth-order valence-corrected chi connectivity index (χ4v) is 5.15. The second-order valence-electron chi connectivity index (χ2n) is 9.49. The third kappa shape index (κ3) is 4.66. The number of rotatable bonds is 9. The van der Waals surface area contributed by atoms with Crippen LogP contribution in [0, 0.1) is 0 Å². The van der Waals surface area contributed by atoms with Gasteiger partial charge in [-0.3, -0.25) is 9.80 Å². The van der Waals surface area contributed by atoms with Crippen molar-refractivity contribution in [3.8, 4) is 5.75 Å². The van der Waals surface area contributed by atoms with E-state index in [2.05, 4.69) is 31.9 Å². The molecule has 14 nitrogen and oxygen atoms in total. The quantitative estimate of drug-likeness (QED) is 0.361. The summed E-state index contributed by atoms with van der Waals surface area (Å²) >= 11 is 0. The van der Waals surface area contributed by atoms with Crippen LogP contribution in [0.4, 0.5) is 10.5 Å². The van der Waals surface area contributed by atoms with E-state index in [4.69, 9.17) is 24.7 Å². The van der Waals surface area contributed by atoms with E-state index in [9.17, 15) is 4.79 Å². The number of hydrogen-bond acceptors (Lipinski definition) is 12. The largest absolute Gasteiger partial charge is 0.491 e. The van der Waals surface area contributed by atoms with Crippen LogP contribution in [0.15, 0.2) is 56.8 Å². The molecular formula is C25H32N10O4. The second kappa shape index (κ2) is 10.6. The van der Waals surface area contributed by atoms with Gasteiger partial charge in [-0.25, -0.2) is 40.6 Å². The van der Waals surface area contributed by atoms with Crippen molar-refractivity contribution >= 4 is 29.6 Å². The molecule has 1 aromatic carbocycles. The van der Waals surface area contributed by atoms with Gasteiger partial charge >= 0.3 is 6.03 Å². The van der Waals surface area contributed by atoms with E-state index >= 15 is 0 Å². The van der Waals surface area contributed by atoms with E-state index in [-0.39, 0.29) is 6.03 Å². The summed E-state index contributed by atoms with van der Waals surface area (Å²) < 4.78 is 16.2. The highest BCUT2D eigenvalue weighted by Gasteiger charge is 2.51. The second-order valence-corrected chi connectivity index (χ2v) is 9.49. The van der Waals surface area contributed by atoms with E-state index in [1.807, 2.05) is 12.1 Å². The van der Waals surface area contributed by atoms with E-state index < -0.39 is 6.29 Å². The molecular weight excluding hydrogens is 504 g/mol. The van der Waals surface area contributed by atoms with Gasteiger partial charge in [0, 0.05) is 59.1 Å². The number of urea groups is 1. The Bertz CT molecular complexity index is 1270. The number of nitrogens with zero attached hydrogens (tertiary/aromatic N) is 9. The van der Waals surface area contributed by atoms with Crippen molar-refractivity contribution in [2.24, 2.45) is 15.8 Å². The van der Waals surface area contributed by atoms with Gasteiger partial charge in [0.15, 0.2) is 11.5 Å². The lowest BCUT2D eigenvalue weighted by Gasteiger charge is -2.36. The van der Waals surface area contributed by atoms with Crippen LogP contribution in [-0.4, -0.2) is 121 Å². The number of nitrogens with two attached hydrogens (primary N) is 1. The van der Waals surface area contributed by atoms with Gasteiger partial charge in [0.1, 0.15) is 30.7 Å². The maximum atomic E-state index is 13.2. The molecule has 1 atom stereocenters. The molecule has 1 unspecified atom stereocenters. The predicted molar refractivity (Wildman–Crippen MR) is 143 cm³/mol. The Morgan fingerprint density at radius 3 is 2.62 bits per heavy atom. The lowest BCUT2D eigenvalue weighted by Crippen LogP contribution is -2.49. The van der Waals surface area contributed by atoms with Gasteiger partial charge in [-0.2, -0.15) is 0 Å². The Hall–Kier alpha value is -4.14. The normalized spacial score (nSPS) is 21.2. The zero-order chi connectivity index (χ0) is 26.9. The molecule has 14 heteroatoms. The summed E-state index contributed by atoms with van der Waals surface area (Å²) in [5.41, 5.74) is 2.25. The van der Waals surface area contributed by atoms with Crippen molar-refractivity contribution in [2.45, 2.75) is 6.29 Å². The van der Waals surface area contributed by atoms with Crippen molar-refractivity contribution < 1.29 is 18.7 Å². The third-order valence-electron chi connectivity index (χ3n) is 7.22. The number of carbonyl (C=O) groups excluding carboxylic acids is 1. The Morgan fingerprint density at radius 1 is 1.10 bits per heavy atom. The van der Waals surface area contributed by atoms with Crippen molar-refractivity contribution in [3.63, 3.8) is 0 Å². The van der Waals surface area contributed by atoms with Gasteiger partial charge in [-0.05, 0) is 24.3 Å². The van der Waals surface area contributed by atoms with Crippen molar-refractivity contribution in [3.05, 3.63) is 48.3 Å². The van der Waals surface area contributed by atoms with Crippen LogP contribution < -0.4 is 15.5 Å². The first-order valence-electron chi connectivity index (χ1n) is 12.9. The zero-order valence-electron chi connectivity index (χ0n) is 22.0. The molecule has 0 saturated carbocycles. The number of amidine groups is 1. The average Bonchev–Trinajstić information content (AvgIpc) is 3.68. The van der Waals surface area contributed by atoms with Gasteiger partial charge in [0.05, 0.1) is 12.8 Å². The van der Waals surface area contributed by atoms with Crippen LogP contribution in [0.3, 0.4) is 0 Å². The molecule has 0 radical (unpaired) electrons. The molecule has 0 aliphatic carbocycles. The summed E-state index contributed by atoms with van der Waals surface area (Å²) in [5.74, 6) is 7.84. The summed E-state index contributed by atoms with van der Waals surface area (Å²) in [5, 5.41) is 4.71. The van der Waals surface area contributed by atoms with Crippen LogP contribution >= 0.6 is 0 Å². The van der Waals surface area contributed by atoms with Crippen molar-refractivity contribution in [2.75, 3.05) is 71.5 Å². The number of aliphatic imine (C=N–C) groups is 2. The molecule has 0 spiro atoms. The lowest BCUT2D eigenvalue weighted by atomic mass is 10.2. The number of ether oxygens (including phenoxy) is 2. The Labute approximate surface area is 226 Å². The molecule has 4 aliphatic heterocycles. The third-order valence-corrected chi connectivity index (χ3v) is 7.22. The van der Waals surface area contributed by atoms with Crippen LogP contribution in [0.25, 0.3) is 5.70 Å². The maximum Gasteiger partial charge on any atom is 0.341 e. The maximum absolute atomic E-state index is 13.2. The van der Waals surface area contributed by atoms with E-state index in [1.54, 1.807) is 35.3 Å².